The molecule has 0 saturated heterocycles. The lowest BCUT2D eigenvalue weighted by Crippen LogP contribution is -2.57. The molecule has 2 rings (SSSR count). The summed E-state index contributed by atoms with van der Waals surface area (Å²) in [6.07, 6.45) is 0. The van der Waals surface area contributed by atoms with E-state index in [0.29, 0.717) is 34.4 Å². The summed E-state index contributed by atoms with van der Waals surface area (Å²) in [5, 5.41) is 1.74. The lowest BCUT2D eigenvalue weighted by Gasteiger charge is -2.46. The Balaban J connectivity index is 3.20. The molecule has 0 spiro atoms. The molecule has 0 nitrogen and oxygen atoms in total. The fourth-order valence-electron chi connectivity index (χ4n) is 6.75. The van der Waals surface area contributed by atoms with Crippen molar-refractivity contribution in [1.29, 1.82) is 0 Å². The first-order chi connectivity index (χ1) is 14.4. The molecule has 2 aromatic rings. The van der Waals surface area contributed by atoms with Gasteiger partial charge in [0.05, 0.1) is 8.07 Å². The maximum absolute atomic E-state index is 2.68. The molecular formula is C30H48Si. The van der Waals surface area contributed by atoms with Crippen molar-refractivity contribution in [2.24, 2.45) is 0 Å². The molecule has 0 radical (unpaired) electrons. The van der Waals surface area contributed by atoms with E-state index in [1.165, 1.54) is 11.1 Å². The Hall–Kier alpha value is -1.34. The van der Waals surface area contributed by atoms with E-state index in [-0.39, 0.29) is 0 Å². The summed E-state index contributed by atoms with van der Waals surface area (Å²) in [5.41, 5.74) is 9.88. The Kier molecular flexibility index (Phi) is 8.42. The zero-order chi connectivity index (χ0) is 23.7. The average molecular weight is 437 g/mol. The average Bonchev–Trinajstić information content (AvgIpc) is 2.66. The molecule has 0 bridgehead atoms. The highest BCUT2D eigenvalue weighted by molar-refractivity contribution is 6.95. The van der Waals surface area contributed by atoms with Crippen molar-refractivity contribution in [1.82, 2.24) is 0 Å². The van der Waals surface area contributed by atoms with Crippen molar-refractivity contribution in [3.63, 3.8) is 0 Å². The van der Waals surface area contributed by atoms with Crippen LogP contribution in [0.4, 0.5) is 0 Å². The zero-order valence-electron chi connectivity index (χ0n) is 22.4. The van der Waals surface area contributed by atoms with Crippen LogP contribution in [-0.4, -0.2) is 8.07 Å². The van der Waals surface area contributed by atoms with E-state index < -0.39 is 8.07 Å². The van der Waals surface area contributed by atoms with Crippen LogP contribution >= 0.6 is 0 Å². The second-order valence-electron chi connectivity index (χ2n) is 11.4. The highest BCUT2D eigenvalue weighted by Gasteiger charge is 2.46. The van der Waals surface area contributed by atoms with Gasteiger partial charge in [0.2, 0.25) is 0 Å². The van der Waals surface area contributed by atoms with Crippen molar-refractivity contribution in [3.8, 4) is 11.1 Å². The van der Waals surface area contributed by atoms with Crippen molar-refractivity contribution in [2.75, 3.05) is 0 Å². The van der Waals surface area contributed by atoms with Crippen LogP contribution in [0.15, 0.2) is 36.4 Å². The molecule has 0 aromatic heterocycles. The van der Waals surface area contributed by atoms with Crippen molar-refractivity contribution in [2.45, 2.75) is 117 Å². The van der Waals surface area contributed by atoms with Gasteiger partial charge in [0.15, 0.2) is 0 Å². The van der Waals surface area contributed by atoms with Gasteiger partial charge in [0.1, 0.15) is 0 Å². The van der Waals surface area contributed by atoms with Gasteiger partial charge in [-0.2, -0.15) is 0 Å². The van der Waals surface area contributed by atoms with E-state index in [1.54, 1.807) is 21.9 Å². The van der Waals surface area contributed by atoms with Crippen LogP contribution in [0.2, 0.25) is 16.6 Å². The zero-order valence-corrected chi connectivity index (χ0v) is 23.4. The molecular weight excluding hydrogens is 388 g/mol. The van der Waals surface area contributed by atoms with E-state index in [4.69, 9.17) is 0 Å². The maximum Gasteiger partial charge on any atom is 0.0946 e. The first-order valence-electron chi connectivity index (χ1n) is 12.6. The van der Waals surface area contributed by atoms with Crippen LogP contribution in [0.1, 0.15) is 118 Å². The standard InChI is InChI=1S/C30H48Si/c1-19(2)28-26(25-16-14-13-15-17-25)18-27(29(20(3)4)30(28)21(5)6)31(22(7)8,23(9)10)24(11)12/h13-24H,1-12H3. The number of benzene rings is 2. The molecule has 0 aliphatic heterocycles. The normalized spacial score (nSPS) is 13.0. The summed E-state index contributed by atoms with van der Waals surface area (Å²) in [4.78, 5) is 0. The molecule has 2 aromatic carbocycles. The van der Waals surface area contributed by atoms with Crippen LogP contribution in [0, 0.1) is 0 Å². The fraction of sp³-hybridized carbons (Fsp3) is 0.600. The number of hydrogen-bond acceptors (Lipinski definition) is 0. The van der Waals surface area contributed by atoms with Gasteiger partial charge in [0.25, 0.3) is 0 Å². The van der Waals surface area contributed by atoms with Gasteiger partial charge >= 0.3 is 0 Å². The summed E-state index contributed by atoms with van der Waals surface area (Å²) in [6.45, 7) is 29.5. The minimum absolute atomic E-state index is 0.507. The van der Waals surface area contributed by atoms with Gasteiger partial charge in [-0.3, -0.25) is 0 Å². The van der Waals surface area contributed by atoms with Crippen LogP contribution in [0.25, 0.3) is 11.1 Å². The number of rotatable bonds is 8. The first-order valence-corrected chi connectivity index (χ1v) is 14.9. The molecule has 0 fully saturated rings. The number of hydrogen-bond donors (Lipinski definition) is 0. The first kappa shape index (κ1) is 25.9. The van der Waals surface area contributed by atoms with E-state index in [1.807, 2.05) is 0 Å². The lowest BCUT2D eigenvalue weighted by molar-refractivity contribution is 0.749. The summed E-state index contributed by atoms with van der Waals surface area (Å²) in [5.74, 6) is 1.57. The molecule has 0 aliphatic carbocycles. The highest BCUT2D eigenvalue weighted by Crippen LogP contribution is 2.46. The monoisotopic (exact) mass is 436 g/mol. The van der Waals surface area contributed by atoms with Crippen molar-refractivity contribution < 1.29 is 0 Å². The predicted molar refractivity (Wildman–Crippen MR) is 145 cm³/mol. The Morgan fingerprint density at radius 3 is 1.29 bits per heavy atom. The third-order valence-electron chi connectivity index (χ3n) is 7.60. The van der Waals surface area contributed by atoms with Gasteiger partial charge in [-0.15, -0.1) is 0 Å². The fourth-order valence-corrected chi connectivity index (χ4v) is 13.9. The lowest BCUT2D eigenvalue weighted by atomic mass is 9.79. The minimum atomic E-state index is -1.81. The summed E-state index contributed by atoms with van der Waals surface area (Å²) in [6, 6.07) is 13.8. The van der Waals surface area contributed by atoms with Gasteiger partial charge in [-0.1, -0.05) is 125 Å². The van der Waals surface area contributed by atoms with E-state index in [0.717, 1.165) is 0 Å². The van der Waals surface area contributed by atoms with E-state index in [9.17, 15) is 0 Å². The van der Waals surface area contributed by atoms with Crippen LogP contribution < -0.4 is 5.19 Å². The van der Waals surface area contributed by atoms with Crippen LogP contribution in [0.3, 0.4) is 0 Å². The quantitative estimate of drug-likeness (QED) is 0.361. The summed E-state index contributed by atoms with van der Waals surface area (Å²) >= 11 is 0. The van der Waals surface area contributed by atoms with E-state index in [2.05, 4.69) is 119 Å². The van der Waals surface area contributed by atoms with Gasteiger partial charge < -0.3 is 0 Å². The maximum atomic E-state index is 2.68. The molecule has 172 valence electrons. The minimum Gasteiger partial charge on any atom is -0.0648 e. The Labute approximate surface area is 194 Å². The van der Waals surface area contributed by atoms with Crippen LogP contribution in [0.5, 0.6) is 0 Å². The topological polar surface area (TPSA) is 0 Å². The molecule has 0 unspecified atom stereocenters. The molecule has 0 saturated carbocycles. The van der Waals surface area contributed by atoms with Gasteiger partial charge in [0, 0.05) is 0 Å². The molecule has 0 amide bonds. The van der Waals surface area contributed by atoms with E-state index >= 15 is 0 Å². The molecule has 0 aliphatic rings. The SMILES string of the molecule is CC(C)c1c(-c2ccccc2)cc([Si](C(C)C)(C(C)C)C(C)C)c(C(C)C)c1C(C)C. The Bertz CT molecular complexity index is 832. The molecule has 0 atom stereocenters. The second-order valence-corrected chi connectivity index (χ2v) is 17.3. The van der Waals surface area contributed by atoms with Crippen molar-refractivity contribution >= 4 is 13.3 Å². The second kappa shape index (κ2) is 10.1. The third-order valence-corrected chi connectivity index (χ3v) is 14.7. The molecule has 0 heterocycles. The molecule has 1 heteroatoms. The predicted octanol–water partition coefficient (Wildman–Crippen LogP) is 9.61. The van der Waals surface area contributed by atoms with Gasteiger partial charge in [-0.25, -0.2) is 0 Å². The Morgan fingerprint density at radius 1 is 0.516 bits per heavy atom. The van der Waals surface area contributed by atoms with Gasteiger partial charge in [-0.05, 0) is 62.2 Å². The summed E-state index contributed by atoms with van der Waals surface area (Å²) in [7, 11) is -1.81. The van der Waals surface area contributed by atoms with Crippen LogP contribution in [-0.2, 0) is 0 Å². The molecule has 0 N–H and O–H groups in total. The third kappa shape index (κ3) is 4.58. The molecule has 31 heavy (non-hydrogen) atoms. The smallest absolute Gasteiger partial charge is 0.0648 e. The Morgan fingerprint density at radius 2 is 0.935 bits per heavy atom. The van der Waals surface area contributed by atoms with Crippen molar-refractivity contribution in [3.05, 3.63) is 53.1 Å². The largest absolute Gasteiger partial charge is 0.0946 e. The highest BCUT2D eigenvalue weighted by atomic mass is 28.3. The summed E-state index contributed by atoms with van der Waals surface area (Å²) < 4.78 is 0.